The van der Waals surface area contributed by atoms with Crippen LogP contribution < -0.4 is 22.5 Å². The third-order valence-electron chi connectivity index (χ3n) is 1.89. The summed E-state index contributed by atoms with van der Waals surface area (Å²) in [6, 6.07) is 6.75. The first-order chi connectivity index (χ1) is 9.01. The second-order valence-electron chi connectivity index (χ2n) is 3.54. The van der Waals surface area contributed by atoms with Crippen LogP contribution in [0.15, 0.2) is 34.3 Å². The maximum atomic E-state index is 11.3. The number of carbonyl (C=O) groups is 1. The van der Waals surface area contributed by atoms with Gasteiger partial charge in [-0.15, -0.1) is 0 Å². The molecule has 8 nitrogen and oxygen atoms in total. The molecule has 0 aliphatic rings. The molecule has 102 valence electrons. The zero-order valence-electron chi connectivity index (χ0n) is 10.5. The Balaban J connectivity index is 2.83. The van der Waals surface area contributed by atoms with Crippen LogP contribution in [-0.4, -0.2) is 31.5 Å². The zero-order valence-corrected chi connectivity index (χ0v) is 10.5. The number of methoxy groups -OCH3 is 1. The van der Waals surface area contributed by atoms with E-state index in [4.69, 9.17) is 21.9 Å². The van der Waals surface area contributed by atoms with Crippen molar-refractivity contribution in [3.63, 3.8) is 0 Å². The molecule has 0 saturated heterocycles. The molecular weight excluding hydrogens is 248 g/mol. The lowest BCUT2D eigenvalue weighted by atomic mass is 10.3. The Kier molecular flexibility index (Phi) is 5.30. The number of aliphatic imine (C=N–C) groups is 2. The Bertz CT molecular complexity index is 508. The standard InChI is InChI=1S/C11H16N6O2/c1-19-6-9(18)15-7-3-2-4-8(5-7)16-11(14)17-10(12)13/h2-5H,6H2,1H3,(H,15,18)(H6,12,13,14,16,17). The highest BCUT2D eigenvalue weighted by Gasteiger charge is 2.02. The monoisotopic (exact) mass is 264 g/mol. The first kappa shape index (κ1) is 14.5. The molecule has 0 saturated carbocycles. The van der Waals surface area contributed by atoms with Crippen LogP contribution in [0.25, 0.3) is 0 Å². The fourth-order valence-electron chi connectivity index (χ4n) is 1.27. The summed E-state index contributed by atoms with van der Waals surface area (Å²) >= 11 is 0. The number of rotatable bonds is 4. The molecule has 8 heteroatoms. The van der Waals surface area contributed by atoms with Gasteiger partial charge in [-0.1, -0.05) is 6.07 Å². The van der Waals surface area contributed by atoms with E-state index in [2.05, 4.69) is 15.3 Å². The molecular formula is C11H16N6O2. The minimum atomic E-state index is -0.263. The zero-order chi connectivity index (χ0) is 14.3. The van der Waals surface area contributed by atoms with Gasteiger partial charge in [-0.2, -0.15) is 4.99 Å². The summed E-state index contributed by atoms with van der Waals surface area (Å²) in [7, 11) is 1.44. The third-order valence-corrected chi connectivity index (χ3v) is 1.89. The molecule has 1 aromatic carbocycles. The molecule has 0 radical (unpaired) electrons. The minimum absolute atomic E-state index is 0.0242. The normalized spacial score (nSPS) is 10.9. The number of benzene rings is 1. The Hall–Kier alpha value is -2.61. The van der Waals surface area contributed by atoms with Gasteiger partial charge in [0.25, 0.3) is 0 Å². The second-order valence-corrected chi connectivity index (χ2v) is 3.54. The van der Waals surface area contributed by atoms with Crippen LogP contribution in [-0.2, 0) is 9.53 Å². The maximum absolute atomic E-state index is 11.3. The Morgan fingerprint density at radius 1 is 1.37 bits per heavy atom. The van der Waals surface area contributed by atoms with Crippen molar-refractivity contribution in [2.45, 2.75) is 0 Å². The van der Waals surface area contributed by atoms with Crippen LogP contribution in [0.2, 0.25) is 0 Å². The van der Waals surface area contributed by atoms with Crippen molar-refractivity contribution in [1.82, 2.24) is 0 Å². The number of anilines is 1. The van der Waals surface area contributed by atoms with Crippen LogP contribution in [0.4, 0.5) is 11.4 Å². The van der Waals surface area contributed by atoms with Gasteiger partial charge in [-0.3, -0.25) is 4.79 Å². The Morgan fingerprint density at radius 3 is 2.74 bits per heavy atom. The Morgan fingerprint density at radius 2 is 2.11 bits per heavy atom. The van der Waals surface area contributed by atoms with E-state index in [0.29, 0.717) is 11.4 Å². The molecule has 0 heterocycles. The van der Waals surface area contributed by atoms with E-state index in [1.165, 1.54) is 7.11 Å². The number of nitrogens with two attached hydrogens (primary N) is 3. The smallest absolute Gasteiger partial charge is 0.250 e. The first-order valence-corrected chi connectivity index (χ1v) is 5.34. The van der Waals surface area contributed by atoms with Crippen molar-refractivity contribution in [2.75, 3.05) is 19.0 Å². The van der Waals surface area contributed by atoms with Crippen LogP contribution in [0, 0.1) is 0 Å². The molecule has 1 rings (SSSR count). The second kappa shape index (κ2) is 6.97. The van der Waals surface area contributed by atoms with E-state index in [9.17, 15) is 4.79 Å². The maximum Gasteiger partial charge on any atom is 0.250 e. The highest BCUT2D eigenvalue weighted by molar-refractivity contribution is 5.94. The molecule has 19 heavy (non-hydrogen) atoms. The summed E-state index contributed by atoms with van der Waals surface area (Å²) < 4.78 is 4.71. The fraction of sp³-hybridized carbons (Fsp3) is 0.182. The van der Waals surface area contributed by atoms with Gasteiger partial charge in [-0.05, 0) is 18.2 Å². The van der Waals surface area contributed by atoms with Crippen molar-refractivity contribution in [1.29, 1.82) is 0 Å². The molecule has 1 aromatic rings. The molecule has 0 aliphatic carbocycles. The topological polar surface area (TPSA) is 141 Å². The Labute approximate surface area is 110 Å². The number of ether oxygens (including phenoxy) is 1. The summed E-state index contributed by atoms with van der Waals surface area (Å²) in [5, 5.41) is 2.64. The fourth-order valence-corrected chi connectivity index (χ4v) is 1.27. The average molecular weight is 264 g/mol. The summed E-state index contributed by atoms with van der Waals surface area (Å²) in [6.45, 7) is -0.0242. The van der Waals surface area contributed by atoms with Crippen LogP contribution in [0.5, 0.6) is 0 Å². The summed E-state index contributed by atoms with van der Waals surface area (Å²) in [5.41, 5.74) is 16.9. The highest BCUT2D eigenvalue weighted by Crippen LogP contribution is 2.17. The van der Waals surface area contributed by atoms with Gasteiger partial charge in [0.1, 0.15) is 6.61 Å². The van der Waals surface area contributed by atoms with Crippen molar-refractivity contribution in [3.05, 3.63) is 24.3 Å². The molecule has 0 spiro atoms. The predicted molar refractivity (Wildman–Crippen MR) is 74.0 cm³/mol. The van der Waals surface area contributed by atoms with Crippen LogP contribution in [0.3, 0.4) is 0 Å². The quantitative estimate of drug-likeness (QED) is 0.428. The molecule has 0 unspecified atom stereocenters. The van der Waals surface area contributed by atoms with Gasteiger partial charge in [-0.25, -0.2) is 4.99 Å². The van der Waals surface area contributed by atoms with Crippen molar-refractivity contribution in [3.8, 4) is 0 Å². The van der Waals surface area contributed by atoms with Crippen LogP contribution in [0.1, 0.15) is 0 Å². The van der Waals surface area contributed by atoms with E-state index in [1.807, 2.05) is 0 Å². The largest absolute Gasteiger partial charge is 0.375 e. The lowest BCUT2D eigenvalue weighted by Gasteiger charge is -2.05. The van der Waals surface area contributed by atoms with Gasteiger partial charge in [0.15, 0.2) is 5.96 Å². The summed E-state index contributed by atoms with van der Waals surface area (Å²) in [5.74, 6) is -0.507. The van der Waals surface area contributed by atoms with E-state index < -0.39 is 0 Å². The van der Waals surface area contributed by atoms with E-state index in [1.54, 1.807) is 24.3 Å². The lowest BCUT2D eigenvalue weighted by Crippen LogP contribution is -2.26. The summed E-state index contributed by atoms with van der Waals surface area (Å²) in [4.78, 5) is 18.9. The number of hydrogen-bond donors (Lipinski definition) is 4. The molecule has 1 amide bonds. The highest BCUT2D eigenvalue weighted by atomic mass is 16.5. The van der Waals surface area contributed by atoms with Gasteiger partial charge >= 0.3 is 0 Å². The van der Waals surface area contributed by atoms with Gasteiger partial charge in [0, 0.05) is 12.8 Å². The number of carbonyl (C=O) groups excluding carboxylic acids is 1. The summed E-state index contributed by atoms with van der Waals surface area (Å²) in [6.07, 6.45) is 0. The average Bonchev–Trinajstić information content (AvgIpc) is 2.28. The predicted octanol–water partition coefficient (Wildman–Crippen LogP) is -0.509. The van der Waals surface area contributed by atoms with Gasteiger partial charge in [0.2, 0.25) is 11.9 Å². The minimum Gasteiger partial charge on any atom is -0.375 e. The van der Waals surface area contributed by atoms with Crippen molar-refractivity contribution < 1.29 is 9.53 Å². The lowest BCUT2D eigenvalue weighted by molar-refractivity contribution is -0.119. The molecule has 0 aromatic heterocycles. The molecule has 0 fully saturated rings. The number of guanidine groups is 2. The first-order valence-electron chi connectivity index (χ1n) is 5.34. The molecule has 0 atom stereocenters. The van der Waals surface area contributed by atoms with Crippen LogP contribution >= 0.6 is 0 Å². The van der Waals surface area contributed by atoms with Crippen molar-refractivity contribution in [2.24, 2.45) is 27.2 Å². The number of nitrogens with one attached hydrogen (secondary N) is 1. The SMILES string of the molecule is COCC(=O)Nc1cccc(N=C(N)N=C(N)N)c1. The molecule has 0 aliphatic heterocycles. The number of hydrogen-bond acceptors (Lipinski definition) is 3. The van der Waals surface area contributed by atoms with E-state index in [0.717, 1.165) is 0 Å². The van der Waals surface area contributed by atoms with Crippen molar-refractivity contribution >= 4 is 29.2 Å². The van der Waals surface area contributed by atoms with Gasteiger partial charge < -0.3 is 27.3 Å². The molecule has 7 N–H and O–H groups in total. The number of amides is 1. The number of nitrogens with zero attached hydrogens (tertiary/aromatic N) is 2. The van der Waals surface area contributed by atoms with E-state index in [-0.39, 0.29) is 24.4 Å². The van der Waals surface area contributed by atoms with Gasteiger partial charge in [0.05, 0.1) is 5.69 Å². The van der Waals surface area contributed by atoms with E-state index >= 15 is 0 Å². The third kappa shape index (κ3) is 5.50. The molecule has 0 bridgehead atoms.